The Bertz CT molecular complexity index is 1910. The van der Waals surface area contributed by atoms with Crippen molar-refractivity contribution in [3.8, 4) is 22.9 Å². The minimum Gasteiger partial charge on any atom is -0.490 e. The first-order chi connectivity index (χ1) is 24.9. The summed E-state index contributed by atoms with van der Waals surface area (Å²) in [6.45, 7) is 10.8. The van der Waals surface area contributed by atoms with Gasteiger partial charge in [-0.2, -0.15) is 31.3 Å². The number of rotatable bonds is 10. The molecule has 2 heterocycles. The fraction of sp³-hybridized carbons (Fsp3) is 0.378. The summed E-state index contributed by atoms with van der Waals surface area (Å²) in [7, 11) is 3.04. The number of nitrogens with zero attached hydrogens (tertiary/aromatic N) is 5. The normalized spacial score (nSPS) is 14.3. The number of hydrogen-bond donors (Lipinski definition) is 1. The first kappa shape index (κ1) is 39.3. The maximum Gasteiger partial charge on any atom is 0.420 e. The van der Waals surface area contributed by atoms with Gasteiger partial charge >= 0.3 is 18.4 Å². The van der Waals surface area contributed by atoms with E-state index in [-0.39, 0.29) is 35.0 Å². The molecule has 16 heteroatoms. The lowest BCUT2D eigenvalue weighted by Crippen LogP contribution is -2.44. The lowest BCUT2D eigenvalue weighted by atomic mass is 9.97. The third-order valence-electron chi connectivity index (χ3n) is 9.12. The molecule has 9 nitrogen and oxygen atoms in total. The predicted molar refractivity (Wildman–Crippen MR) is 186 cm³/mol. The van der Waals surface area contributed by atoms with E-state index in [0.29, 0.717) is 29.2 Å². The number of hydrogen-bond acceptors (Lipinski definition) is 8. The number of halogens is 7. The van der Waals surface area contributed by atoms with Crippen LogP contribution in [0.3, 0.4) is 0 Å². The van der Waals surface area contributed by atoms with E-state index in [9.17, 15) is 31.1 Å². The summed E-state index contributed by atoms with van der Waals surface area (Å²) in [6.07, 6.45) is -10.9. The molecule has 1 saturated heterocycles. The average molecular weight is 749 g/mol. The molecule has 3 aromatic carbocycles. The molecule has 5 rings (SSSR count). The molecule has 284 valence electrons. The molecule has 0 radical (unpaired) electrons. The van der Waals surface area contributed by atoms with Crippen molar-refractivity contribution in [2.75, 3.05) is 63.6 Å². The van der Waals surface area contributed by atoms with Crippen LogP contribution in [0.5, 0.6) is 11.6 Å². The van der Waals surface area contributed by atoms with E-state index in [4.69, 9.17) is 9.47 Å². The zero-order chi connectivity index (χ0) is 38.7. The summed E-state index contributed by atoms with van der Waals surface area (Å²) >= 11 is 0. The van der Waals surface area contributed by atoms with Crippen molar-refractivity contribution in [3.05, 3.63) is 88.2 Å². The van der Waals surface area contributed by atoms with Gasteiger partial charge in [0.25, 0.3) is 0 Å². The van der Waals surface area contributed by atoms with Crippen LogP contribution in [0.15, 0.2) is 54.6 Å². The SMILES string of the molecule is Cc1ccc(-c2cc(OC(=O)N(C)c3cc(C(F)(F)F)cc(C(F)(F)F)c3)nc(Nc3ccc(OCCCN4CCN(C)CC4)c(F)c3)n2)c(C)c1C. The Morgan fingerprint density at radius 2 is 1.53 bits per heavy atom. The second-order valence-corrected chi connectivity index (χ2v) is 12.9. The molecule has 0 saturated carbocycles. The van der Waals surface area contributed by atoms with Gasteiger partial charge in [0.1, 0.15) is 0 Å². The highest BCUT2D eigenvalue weighted by molar-refractivity contribution is 5.89. The molecule has 1 amide bonds. The summed E-state index contributed by atoms with van der Waals surface area (Å²) in [5.74, 6) is -1.11. The van der Waals surface area contributed by atoms with Crippen molar-refractivity contribution < 1.29 is 45.0 Å². The predicted octanol–water partition coefficient (Wildman–Crippen LogP) is 8.64. The van der Waals surface area contributed by atoms with E-state index in [0.717, 1.165) is 62.9 Å². The Morgan fingerprint density at radius 1 is 0.868 bits per heavy atom. The number of alkyl halides is 6. The molecular formula is C37H39F7N6O3. The number of nitrogens with one attached hydrogen (secondary N) is 1. The quantitative estimate of drug-likeness (QED) is 0.128. The van der Waals surface area contributed by atoms with Gasteiger partial charge in [-0.05, 0) is 81.3 Å². The number of amides is 1. The smallest absolute Gasteiger partial charge is 0.420 e. The summed E-state index contributed by atoms with van der Waals surface area (Å²) < 4.78 is 107. The van der Waals surface area contributed by atoms with Crippen LogP contribution in [0.4, 0.5) is 52.9 Å². The van der Waals surface area contributed by atoms with Crippen LogP contribution >= 0.6 is 0 Å². The molecule has 0 aliphatic carbocycles. The highest BCUT2D eigenvalue weighted by atomic mass is 19.4. The molecule has 0 bridgehead atoms. The number of carbonyl (C=O) groups excluding carboxylic acids is 1. The van der Waals surface area contributed by atoms with Gasteiger partial charge in [-0.25, -0.2) is 14.2 Å². The lowest BCUT2D eigenvalue weighted by Gasteiger charge is -2.32. The Morgan fingerprint density at radius 3 is 2.15 bits per heavy atom. The Labute approximate surface area is 302 Å². The van der Waals surface area contributed by atoms with Crippen LogP contribution in [0.25, 0.3) is 11.3 Å². The van der Waals surface area contributed by atoms with Crippen LogP contribution in [0.2, 0.25) is 0 Å². The molecule has 1 N–H and O–H groups in total. The number of carbonyl (C=O) groups is 1. The third kappa shape index (κ3) is 9.93. The van der Waals surface area contributed by atoms with Crippen LogP contribution in [0.1, 0.15) is 34.2 Å². The molecule has 0 unspecified atom stereocenters. The molecule has 53 heavy (non-hydrogen) atoms. The Hall–Kier alpha value is -4.96. The van der Waals surface area contributed by atoms with E-state index in [1.165, 1.54) is 18.2 Å². The van der Waals surface area contributed by atoms with Gasteiger partial charge in [0, 0.05) is 68.8 Å². The zero-order valence-electron chi connectivity index (χ0n) is 29.8. The second-order valence-electron chi connectivity index (χ2n) is 12.9. The maximum atomic E-state index is 15.1. The molecule has 1 aliphatic rings. The highest BCUT2D eigenvalue weighted by Crippen LogP contribution is 2.38. The molecule has 0 atom stereocenters. The van der Waals surface area contributed by atoms with Crippen LogP contribution in [-0.4, -0.2) is 79.3 Å². The van der Waals surface area contributed by atoms with Gasteiger partial charge < -0.3 is 24.6 Å². The molecule has 0 spiro atoms. The number of anilines is 3. The summed E-state index contributed by atoms with van der Waals surface area (Å²) in [4.78, 5) is 27.0. The van der Waals surface area contributed by atoms with Crippen LogP contribution < -0.4 is 19.7 Å². The van der Waals surface area contributed by atoms with Crippen molar-refractivity contribution in [3.63, 3.8) is 0 Å². The summed E-state index contributed by atoms with van der Waals surface area (Å²) in [6, 6.07) is 9.90. The van der Waals surface area contributed by atoms with Gasteiger partial charge in [0.2, 0.25) is 11.8 Å². The molecule has 1 fully saturated rings. The largest absolute Gasteiger partial charge is 0.490 e. The maximum absolute atomic E-state index is 15.1. The number of benzene rings is 3. The standard InChI is InChI=1S/C37H39F7N6O3/c1-22-7-9-29(24(3)23(22)2)31-21-33(53-35(51)49(5)28-18-25(36(39,40)41)17-26(19-28)37(42,43)44)47-34(46-31)45-27-8-10-32(30(38)20-27)52-16-6-11-50-14-12-48(4)13-15-50/h7-10,17-21H,6,11-16H2,1-5H3,(H,45,46,47). The van der Waals surface area contributed by atoms with Gasteiger partial charge in [-0.15, -0.1) is 0 Å². The first-order valence-electron chi connectivity index (χ1n) is 16.7. The second kappa shape index (κ2) is 16.0. The van der Waals surface area contributed by atoms with Crippen molar-refractivity contribution in [1.29, 1.82) is 0 Å². The number of piperazine rings is 1. The molecule has 4 aromatic rings. The van der Waals surface area contributed by atoms with E-state index >= 15 is 4.39 Å². The fourth-order valence-electron chi connectivity index (χ4n) is 5.67. The minimum absolute atomic E-state index is 0.0414. The number of aryl methyl sites for hydroxylation is 1. The van der Waals surface area contributed by atoms with Gasteiger partial charge in [0.05, 0.1) is 23.4 Å². The van der Waals surface area contributed by atoms with Gasteiger partial charge in [0.15, 0.2) is 11.6 Å². The number of aromatic nitrogens is 2. The molecule has 1 aliphatic heterocycles. The number of ether oxygens (including phenoxy) is 2. The van der Waals surface area contributed by atoms with E-state index in [1.54, 1.807) is 12.1 Å². The molecular weight excluding hydrogens is 709 g/mol. The minimum atomic E-state index is -5.12. The van der Waals surface area contributed by atoms with Crippen molar-refractivity contribution in [1.82, 2.24) is 19.8 Å². The number of likely N-dealkylation sites (N-methyl/N-ethyl adjacent to an activating group) is 1. The summed E-state index contributed by atoms with van der Waals surface area (Å²) in [5, 5.41) is 2.88. The highest BCUT2D eigenvalue weighted by Gasteiger charge is 2.38. The van der Waals surface area contributed by atoms with Crippen LogP contribution in [-0.2, 0) is 12.4 Å². The first-order valence-corrected chi connectivity index (χ1v) is 16.7. The van der Waals surface area contributed by atoms with E-state index < -0.39 is 41.1 Å². The average Bonchev–Trinajstić information content (AvgIpc) is 3.09. The fourth-order valence-corrected chi connectivity index (χ4v) is 5.67. The van der Waals surface area contributed by atoms with Gasteiger partial charge in [-0.1, -0.05) is 12.1 Å². The van der Waals surface area contributed by atoms with E-state index in [2.05, 4.69) is 32.1 Å². The zero-order valence-corrected chi connectivity index (χ0v) is 29.8. The van der Waals surface area contributed by atoms with Crippen molar-refractivity contribution in [2.45, 2.75) is 39.5 Å². The van der Waals surface area contributed by atoms with Crippen molar-refractivity contribution in [2.24, 2.45) is 0 Å². The van der Waals surface area contributed by atoms with Gasteiger partial charge in [-0.3, -0.25) is 4.90 Å². The van der Waals surface area contributed by atoms with Crippen molar-refractivity contribution >= 4 is 23.4 Å². The lowest BCUT2D eigenvalue weighted by molar-refractivity contribution is -0.143. The monoisotopic (exact) mass is 748 g/mol. The Balaban J connectivity index is 1.38. The third-order valence-corrected chi connectivity index (χ3v) is 9.12. The topological polar surface area (TPSA) is 83.1 Å². The van der Waals surface area contributed by atoms with Crippen LogP contribution in [0, 0.1) is 26.6 Å². The summed E-state index contributed by atoms with van der Waals surface area (Å²) in [5.41, 5.74) is 0.00766. The van der Waals surface area contributed by atoms with E-state index in [1.807, 2.05) is 26.8 Å². The molecule has 1 aromatic heterocycles. The Kier molecular flexibility index (Phi) is 11.8.